The smallest absolute Gasteiger partial charge is 0.306 e. The molecule has 0 fully saturated rings. The van der Waals surface area contributed by atoms with Crippen molar-refractivity contribution in [2.24, 2.45) is 0 Å². The zero-order valence-electron chi connectivity index (χ0n) is 52.6. The molecule has 0 heterocycles. The van der Waals surface area contributed by atoms with Crippen molar-refractivity contribution >= 4 is 17.9 Å². The van der Waals surface area contributed by atoms with Crippen molar-refractivity contribution < 1.29 is 28.6 Å². The van der Waals surface area contributed by atoms with Gasteiger partial charge in [0, 0.05) is 19.3 Å². The van der Waals surface area contributed by atoms with Crippen LogP contribution in [0.4, 0.5) is 0 Å². The summed E-state index contributed by atoms with van der Waals surface area (Å²) in [7, 11) is 0. The number of carbonyl (C=O) groups is 3. The Balaban J connectivity index is 4.15. The van der Waals surface area contributed by atoms with E-state index in [0.717, 1.165) is 109 Å². The molecule has 1 atom stereocenters. The minimum absolute atomic E-state index is 0.0776. The first kappa shape index (κ1) is 76.1. The van der Waals surface area contributed by atoms with Gasteiger partial charge in [0.05, 0.1) is 0 Å². The quantitative estimate of drug-likeness (QED) is 0.0261. The monoisotopic (exact) mass is 1110 g/mol. The van der Waals surface area contributed by atoms with Crippen LogP contribution in [0.25, 0.3) is 0 Å². The van der Waals surface area contributed by atoms with E-state index in [1.165, 1.54) is 173 Å². The molecule has 6 heteroatoms. The molecule has 6 nitrogen and oxygen atoms in total. The van der Waals surface area contributed by atoms with Crippen molar-refractivity contribution in [3.63, 3.8) is 0 Å². The average molecular weight is 1110 g/mol. The number of allylic oxidation sites excluding steroid dienone is 18. The predicted octanol–water partition coefficient (Wildman–Crippen LogP) is 23.4. The van der Waals surface area contributed by atoms with Crippen LogP contribution in [-0.2, 0) is 28.6 Å². The van der Waals surface area contributed by atoms with Crippen molar-refractivity contribution in [2.75, 3.05) is 13.2 Å². The van der Waals surface area contributed by atoms with Crippen molar-refractivity contribution in [1.82, 2.24) is 0 Å². The summed E-state index contributed by atoms with van der Waals surface area (Å²) < 4.78 is 16.9. The Hall–Kier alpha value is -3.93. The van der Waals surface area contributed by atoms with Crippen molar-refractivity contribution in [2.45, 2.75) is 329 Å². The standard InChI is InChI=1S/C74H126O6/c1-4-7-10-13-16-19-21-23-25-27-29-30-31-32-33-34-35-36-37-38-39-40-41-42-43-44-45-47-48-50-52-55-58-61-64-67-73(76)79-70-71(69-78-72(75)66-63-60-57-54-18-15-12-9-6-3)80-74(77)68-65-62-59-56-53-51-49-46-28-26-24-22-20-17-14-11-8-5-2/h7,10,16,19,23,25-26,28-30,32-33,35-36,38-39,41-42,71H,4-6,8-9,11-15,17-18,20-22,24,27,31,34,37,40,43-70H2,1-3H3/b10-7-,19-16-,25-23-,28-26-,30-29-,33-32-,36-35-,39-38-,42-41-. The van der Waals surface area contributed by atoms with Crippen LogP contribution in [0, 0.1) is 0 Å². The third-order valence-electron chi connectivity index (χ3n) is 14.5. The van der Waals surface area contributed by atoms with Crippen LogP contribution in [0.5, 0.6) is 0 Å². The molecule has 0 aliphatic heterocycles. The van der Waals surface area contributed by atoms with Gasteiger partial charge in [-0.1, -0.05) is 304 Å². The van der Waals surface area contributed by atoms with Gasteiger partial charge in [0.15, 0.2) is 6.10 Å². The highest BCUT2D eigenvalue weighted by molar-refractivity contribution is 5.71. The molecule has 0 saturated heterocycles. The first-order chi connectivity index (χ1) is 39.5. The largest absolute Gasteiger partial charge is 0.462 e. The predicted molar refractivity (Wildman–Crippen MR) is 348 cm³/mol. The third kappa shape index (κ3) is 64.9. The lowest BCUT2D eigenvalue weighted by Crippen LogP contribution is -2.30. The summed E-state index contributed by atoms with van der Waals surface area (Å²) in [4.78, 5) is 38.2. The second-order valence-corrected chi connectivity index (χ2v) is 22.4. The van der Waals surface area contributed by atoms with E-state index in [1.54, 1.807) is 0 Å². The number of carbonyl (C=O) groups excluding carboxylic acids is 3. The lowest BCUT2D eigenvalue weighted by atomic mass is 10.1. The molecule has 80 heavy (non-hydrogen) atoms. The van der Waals surface area contributed by atoms with Gasteiger partial charge < -0.3 is 14.2 Å². The molecule has 0 aromatic carbocycles. The van der Waals surface area contributed by atoms with Crippen LogP contribution in [0.1, 0.15) is 323 Å². The molecule has 0 saturated carbocycles. The third-order valence-corrected chi connectivity index (χ3v) is 14.5. The number of esters is 3. The minimum atomic E-state index is -0.780. The van der Waals surface area contributed by atoms with E-state index in [1.807, 2.05) is 0 Å². The maximum atomic E-state index is 12.9. The molecule has 0 aromatic rings. The van der Waals surface area contributed by atoms with E-state index in [9.17, 15) is 14.4 Å². The second-order valence-electron chi connectivity index (χ2n) is 22.4. The molecule has 458 valence electrons. The van der Waals surface area contributed by atoms with E-state index in [0.29, 0.717) is 19.3 Å². The molecule has 0 aromatic heterocycles. The number of unbranched alkanes of at least 4 members (excludes halogenated alkanes) is 32. The van der Waals surface area contributed by atoms with Gasteiger partial charge in [-0.05, 0) is 109 Å². The van der Waals surface area contributed by atoms with Crippen LogP contribution in [0.2, 0.25) is 0 Å². The van der Waals surface area contributed by atoms with Crippen molar-refractivity contribution in [3.8, 4) is 0 Å². The average Bonchev–Trinajstić information content (AvgIpc) is 3.46. The van der Waals surface area contributed by atoms with Crippen LogP contribution < -0.4 is 0 Å². The van der Waals surface area contributed by atoms with Gasteiger partial charge in [-0.15, -0.1) is 0 Å². The van der Waals surface area contributed by atoms with Gasteiger partial charge in [-0.25, -0.2) is 0 Å². The van der Waals surface area contributed by atoms with Gasteiger partial charge in [0.25, 0.3) is 0 Å². The van der Waals surface area contributed by atoms with Gasteiger partial charge in [-0.2, -0.15) is 0 Å². The number of rotatable bonds is 61. The molecule has 0 amide bonds. The van der Waals surface area contributed by atoms with Crippen molar-refractivity contribution in [3.05, 3.63) is 109 Å². The molecule has 0 aliphatic rings. The highest BCUT2D eigenvalue weighted by Crippen LogP contribution is 2.16. The maximum Gasteiger partial charge on any atom is 0.306 e. The highest BCUT2D eigenvalue weighted by atomic mass is 16.6. The molecule has 0 bridgehead atoms. The van der Waals surface area contributed by atoms with Gasteiger partial charge in [-0.3, -0.25) is 14.4 Å². The molecular weight excluding hydrogens is 985 g/mol. The Labute approximate surface area is 495 Å². The minimum Gasteiger partial charge on any atom is -0.462 e. The summed E-state index contributed by atoms with van der Waals surface area (Å²) in [6.45, 7) is 6.52. The Morgan fingerprint density at radius 2 is 0.487 bits per heavy atom. The molecule has 0 radical (unpaired) electrons. The molecular formula is C74H126O6. The van der Waals surface area contributed by atoms with E-state index in [-0.39, 0.29) is 31.1 Å². The fourth-order valence-corrected chi connectivity index (χ4v) is 9.45. The summed E-state index contributed by atoms with van der Waals surface area (Å²) in [5, 5.41) is 0. The van der Waals surface area contributed by atoms with Gasteiger partial charge >= 0.3 is 17.9 Å². The van der Waals surface area contributed by atoms with E-state index in [2.05, 4.69) is 130 Å². The summed E-state index contributed by atoms with van der Waals surface area (Å²) in [5.74, 6) is -0.879. The highest BCUT2D eigenvalue weighted by Gasteiger charge is 2.19. The topological polar surface area (TPSA) is 78.9 Å². The second kappa shape index (κ2) is 67.6. The fourth-order valence-electron chi connectivity index (χ4n) is 9.45. The zero-order chi connectivity index (χ0) is 57.8. The first-order valence-corrected chi connectivity index (χ1v) is 33.9. The summed E-state index contributed by atoms with van der Waals surface area (Å²) >= 11 is 0. The van der Waals surface area contributed by atoms with E-state index < -0.39 is 6.10 Å². The molecule has 0 rings (SSSR count). The molecule has 0 spiro atoms. The summed E-state index contributed by atoms with van der Waals surface area (Å²) in [5.41, 5.74) is 0. The van der Waals surface area contributed by atoms with Gasteiger partial charge in [0.1, 0.15) is 13.2 Å². The number of hydrogen-bond donors (Lipinski definition) is 0. The Kier molecular flexibility index (Phi) is 64.3. The van der Waals surface area contributed by atoms with E-state index >= 15 is 0 Å². The SMILES string of the molecule is CC/C=C\C/C=C\C/C=C\C/C=C\C/C=C\C/C=C\C/C=C\C/C=C\CCCCCCCCCCCCC(=O)OCC(COC(=O)CCCCCCCCCCC)OC(=O)CCCCCCCCC/C=C\CCCCCCCCC. The number of ether oxygens (including phenoxy) is 3. The summed E-state index contributed by atoms with van der Waals surface area (Å²) in [6.07, 6.45) is 92.6. The lowest BCUT2D eigenvalue weighted by Gasteiger charge is -2.18. The van der Waals surface area contributed by atoms with E-state index in [4.69, 9.17) is 14.2 Å². The number of hydrogen-bond acceptors (Lipinski definition) is 6. The van der Waals surface area contributed by atoms with Crippen LogP contribution in [-0.4, -0.2) is 37.2 Å². The Morgan fingerprint density at radius 3 is 0.775 bits per heavy atom. The zero-order valence-corrected chi connectivity index (χ0v) is 52.6. The Bertz CT molecular complexity index is 1610. The fraction of sp³-hybridized carbons (Fsp3) is 0.716. The lowest BCUT2D eigenvalue weighted by molar-refractivity contribution is -0.167. The summed E-state index contributed by atoms with van der Waals surface area (Å²) in [6, 6.07) is 0. The molecule has 1 unspecified atom stereocenters. The van der Waals surface area contributed by atoms with Crippen LogP contribution in [0.15, 0.2) is 109 Å². The van der Waals surface area contributed by atoms with Crippen molar-refractivity contribution in [1.29, 1.82) is 0 Å². The van der Waals surface area contributed by atoms with Gasteiger partial charge in [0.2, 0.25) is 0 Å². The first-order valence-electron chi connectivity index (χ1n) is 33.9. The maximum absolute atomic E-state index is 12.9. The van der Waals surface area contributed by atoms with Crippen LogP contribution in [0.3, 0.4) is 0 Å². The molecule has 0 N–H and O–H groups in total. The Morgan fingerprint density at radius 1 is 0.263 bits per heavy atom. The normalized spacial score (nSPS) is 12.8. The van der Waals surface area contributed by atoms with Crippen LogP contribution >= 0.6 is 0 Å². The molecule has 0 aliphatic carbocycles.